The Labute approximate surface area is 166 Å². The summed E-state index contributed by atoms with van der Waals surface area (Å²) in [5, 5.41) is 6.68. The van der Waals surface area contributed by atoms with Crippen LogP contribution in [0.2, 0.25) is 0 Å². The topological polar surface area (TPSA) is 55.1 Å². The Morgan fingerprint density at radius 2 is 1.86 bits per heavy atom. The van der Waals surface area contributed by atoms with Crippen LogP contribution in [0.15, 0.2) is 59.1 Å². The predicted molar refractivity (Wildman–Crippen MR) is 103 cm³/mol. The summed E-state index contributed by atoms with van der Waals surface area (Å²) in [6, 6.07) is 14.4. The van der Waals surface area contributed by atoms with Crippen LogP contribution in [-0.4, -0.2) is 17.1 Å². The lowest BCUT2D eigenvalue weighted by atomic mass is 10.0. The van der Waals surface area contributed by atoms with Crippen molar-refractivity contribution in [2.75, 3.05) is 0 Å². The molecule has 1 N–H and O–H groups in total. The molecule has 0 saturated carbocycles. The second kappa shape index (κ2) is 8.51. The van der Waals surface area contributed by atoms with Crippen molar-refractivity contribution >= 4 is 5.91 Å². The molecule has 0 aliphatic carbocycles. The highest BCUT2D eigenvalue weighted by Crippen LogP contribution is 2.33. The fraction of sp³-hybridized carbons (Fsp3) is 0.273. The fourth-order valence-electron chi connectivity index (χ4n) is 3.07. The first-order valence-electron chi connectivity index (χ1n) is 9.24. The van der Waals surface area contributed by atoms with Gasteiger partial charge in [0.1, 0.15) is 5.56 Å². The van der Waals surface area contributed by atoms with Crippen molar-refractivity contribution in [3.63, 3.8) is 0 Å². The van der Waals surface area contributed by atoms with Crippen LogP contribution in [0, 0.1) is 6.92 Å². The maximum absolute atomic E-state index is 13.0. The molecule has 0 spiro atoms. The van der Waals surface area contributed by atoms with E-state index < -0.39 is 17.6 Å². The summed E-state index contributed by atoms with van der Waals surface area (Å²) in [6.07, 6.45) is -2.97. The first-order chi connectivity index (χ1) is 13.8. The van der Waals surface area contributed by atoms with E-state index in [1.807, 2.05) is 37.3 Å². The van der Waals surface area contributed by atoms with Gasteiger partial charge in [-0.2, -0.15) is 13.2 Å². The summed E-state index contributed by atoms with van der Waals surface area (Å²) < 4.78 is 44.3. The third-order valence-electron chi connectivity index (χ3n) is 4.63. The van der Waals surface area contributed by atoms with Crippen molar-refractivity contribution < 1.29 is 22.5 Å². The van der Waals surface area contributed by atoms with Gasteiger partial charge in [0, 0.05) is 11.6 Å². The molecule has 0 fully saturated rings. The van der Waals surface area contributed by atoms with Crippen LogP contribution in [0.3, 0.4) is 0 Å². The molecule has 0 aliphatic heterocycles. The van der Waals surface area contributed by atoms with Gasteiger partial charge in [0.25, 0.3) is 5.91 Å². The second-order valence-electron chi connectivity index (χ2n) is 6.95. The van der Waals surface area contributed by atoms with E-state index in [2.05, 4.69) is 10.5 Å². The lowest BCUT2D eigenvalue weighted by molar-refractivity contribution is -0.137. The van der Waals surface area contributed by atoms with Gasteiger partial charge in [0.05, 0.1) is 11.3 Å². The zero-order valence-electron chi connectivity index (χ0n) is 16.1. The number of amides is 1. The molecule has 0 radical (unpaired) electrons. The SMILES string of the molecule is Cc1noc(-c2cccc(C(F)(F)F)c2)c1C(=O)N[C@H](C)CCc1ccccc1. The minimum absolute atomic E-state index is 0.0290. The van der Waals surface area contributed by atoms with Crippen LogP contribution in [0.25, 0.3) is 11.3 Å². The van der Waals surface area contributed by atoms with Crippen molar-refractivity contribution in [1.29, 1.82) is 0 Å². The number of carbonyl (C=O) groups excluding carboxylic acids is 1. The van der Waals surface area contributed by atoms with Crippen molar-refractivity contribution in [1.82, 2.24) is 10.5 Å². The fourth-order valence-corrected chi connectivity index (χ4v) is 3.07. The number of alkyl halides is 3. The molecule has 1 heterocycles. The van der Waals surface area contributed by atoms with Crippen molar-refractivity contribution in [3.05, 3.63) is 77.0 Å². The summed E-state index contributed by atoms with van der Waals surface area (Å²) in [5.41, 5.74) is 0.981. The molecule has 0 saturated heterocycles. The van der Waals surface area contributed by atoms with Gasteiger partial charge in [-0.15, -0.1) is 0 Å². The number of hydrogen-bond acceptors (Lipinski definition) is 3. The van der Waals surface area contributed by atoms with Crippen LogP contribution in [0.5, 0.6) is 0 Å². The van der Waals surface area contributed by atoms with Crippen molar-refractivity contribution in [2.24, 2.45) is 0 Å². The average Bonchev–Trinajstić information content (AvgIpc) is 3.08. The molecule has 0 unspecified atom stereocenters. The number of nitrogens with one attached hydrogen (secondary N) is 1. The van der Waals surface area contributed by atoms with Gasteiger partial charge >= 0.3 is 6.18 Å². The lowest BCUT2D eigenvalue weighted by Gasteiger charge is -2.14. The van der Waals surface area contributed by atoms with Crippen LogP contribution >= 0.6 is 0 Å². The first kappa shape index (κ1) is 20.6. The van der Waals surface area contributed by atoms with E-state index in [9.17, 15) is 18.0 Å². The minimum Gasteiger partial charge on any atom is -0.355 e. The summed E-state index contributed by atoms with van der Waals surface area (Å²) in [5.74, 6) is -0.391. The number of halogens is 3. The molecule has 3 aromatic rings. The highest BCUT2D eigenvalue weighted by Gasteiger charge is 2.31. The van der Waals surface area contributed by atoms with E-state index in [-0.39, 0.29) is 22.9 Å². The number of carbonyl (C=O) groups is 1. The molecule has 29 heavy (non-hydrogen) atoms. The van der Waals surface area contributed by atoms with Crippen molar-refractivity contribution in [2.45, 2.75) is 38.9 Å². The van der Waals surface area contributed by atoms with Gasteiger partial charge in [0.2, 0.25) is 0 Å². The minimum atomic E-state index is -4.49. The second-order valence-corrected chi connectivity index (χ2v) is 6.95. The van der Waals surface area contributed by atoms with Gasteiger partial charge < -0.3 is 9.84 Å². The Hall–Kier alpha value is -3.09. The van der Waals surface area contributed by atoms with E-state index in [1.54, 1.807) is 6.92 Å². The number of rotatable bonds is 6. The normalized spacial score (nSPS) is 12.6. The monoisotopic (exact) mass is 402 g/mol. The van der Waals surface area contributed by atoms with Crippen molar-refractivity contribution in [3.8, 4) is 11.3 Å². The molecule has 2 aromatic carbocycles. The highest BCUT2D eigenvalue weighted by molar-refractivity contribution is 6.00. The Balaban J connectivity index is 1.76. The highest BCUT2D eigenvalue weighted by atomic mass is 19.4. The molecular weight excluding hydrogens is 381 g/mol. The Morgan fingerprint density at radius 1 is 1.14 bits per heavy atom. The maximum Gasteiger partial charge on any atom is 0.416 e. The summed E-state index contributed by atoms with van der Waals surface area (Å²) in [6.45, 7) is 3.47. The number of hydrogen-bond donors (Lipinski definition) is 1. The van der Waals surface area contributed by atoms with Crippen LogP contribution in [0.1, 0.15) is 40.5 Å². The van der Waals surface area contributed by atoms with Gasteiger partial charge in [-0.1, -0.05) is 47.6 Å². The van der Waals surface area contributed by atoms with Gasteiger partial charge in [-0.05, 0) is 44.4 Å². The molecule has 4 nitrogen and oxygen atoms in total. The standard InChI is InChI=1S/C22H21F3N2O2/c1-14(11-12-16-7-4-3-5-8-16)26-21(28)19-15(2)27-29-20(19)17-9-6-10-18(13-17)22(23,24)25/h3-10,13-14H,11-12H2,1-2H3,(H,26,28)/t14-/m1/s1. The molecule has 1 atom stereocenters. The van der Waals surface area contributed by atoms with Gasteiger partial charge in [-0.3, -0.25) is 4.79 Å². The van der Waals surface area contributed by atoms with E-state index in [0.717, 1.165) is 25.0 Å². The van der Waals surface area contributed by atoms with E-state index in [1.165, 1.54) is 17.7 Å². The number of aryl methyl sites for hydroxylation is 2. The Morgan fingerprint density at radius 3 is 2.55 bits per heavy atom. The first-order valence-corrected chi connectivity index (χ1v) is 9.24. The molecule has 152 valence electrons. The largest absolute Gasteiger partial charge is 0.416 e. The number of benzene rings is 2. The summed E-state index contributed by atoms with van der Waals surface area (Å²) >= 11 is 0. The third-order valence-corrected chi connectivity index (χ3v) is 4.63. The Kier molecular flexibility index (Phi) is 6.06. The molecule has 0 aliphatic rings. The molecule has 3 rings (SSSR count). The van der Waals surface area contributed by atoms with E-state index in [4.69, 9.17) is 4.52 Å². The molecule has 0 bridgehead atoms. The Bertz CT molecular complexity index is 981. The maximum atomic E-state index is 13.0. The van der Waals surface area contributed by atoms with Gasteiger partial charge in [0.15, 0.2) is 5.76 Å². The third kappa shape index (κ3) is 5.04. The number of aromatic nitrogens is 1. The summed E-state index contributed by atoms with van der Waals surface area (Å²) in [7, 11) is 0. The zero-order chi connectivity index (χ0) is 21.0. The quantitative estimate of drug-likeness (QED) is 0.599. The van der Waals surface area contributed by atoms with E-state index in [0.29, 0.717) is 5.69 Å². The smallest absolute Gasteiger partial charge is 0.355 e. The molecule has 7 heteroatoms. The lowest BCUT2D eigenvalue weighted by Crippen LogP contribution is -2.33. The van der Waals surface area contributed by atoms with Crippen LogP contribution in [-0.2, 0) is 12.6 Å². The zero-order valence-corrected chi connectivity index (χ0v) is 16.1. The van der Waals surface area contributed by atoms with E-state index >= 15 is 0 Å². The van der Waals surface area contributed by atoms with Crippen LogP contribution < -0.4 is 5.32 Å². The predicted octanol–water partition coefficient (Wildman–Crippen LogP) is 5.42. The molecule has 1 aromatic heterocycles. The average molecular weight is 402 g/mol. The van der Waals surface area contributed by atoms with Crippen LogP contribution in [0.4, 0.5) is 13.2 Å². The van der Waals surface area contributed by atoms with Gasteiger partial charge in [-0.25, -0.2) is 0 Å². The number of nitrogens with zero attached hydrogens (tertiary/aromatic N) is 1. The molecular formula is C22H21F3N2O2. The summed E-state index contributed by atoms with van der Waals surface area (Å²) in [4.78, 5) is 12.8. The molecule has 1 amide bonds.